The Balaban J connectivity index is 1.66. The summed E-state index contributed by atoms with van der Waals surface area (Å²) in [6.07, 6.45) is 3.95. The fraction of sp³-hybridized carbons (Fsp3) is 1.00. The Morgan fingerprint density at radius 3 is 2.67 bits per heavy atom. The van der Waals surface area contributed by atoms with Crippen LogP contribution in [0.5, 0.6) is 0 Å². The van der Waals surface area contributed by atoms with Gasteiger partial charge in [0.05, 0.1) is 0 Å². The molecule has 1 aliphatic carbocycles. The average molecular weight is 211 g/mol. The van der Waals surface area contributed by atoms with Gasteiger partial charge in [-0.1, -0.05) is 0 Å². The summed E-state index contributed by atoms with van der Waals surface area (Å²) in [5.74, 6) is 0.856. The van der Waals surface area contributed by atoms with Gasteiger partial charge in [0, 0.05) is 31.7 Å². The van der Waals surface area contributed by atoms with Gasteiger partial charge in [-0.3, -0.25) is 0 Å². The van der Waals surface area contributed by atoms with E-state index in [9.17, 15) is 0 Å². The van der Waals surface area contributed by atoms with Gasteiger partial charge in [0.2, 0.25) is 0 Å². The molecular weight excluding hydrogens is 186 g/mol. The molecule has 1 saturated heterocycles. The Kier molecular flexibility index (Phi) is 3.65. The molecule has 0 radical (unpaired) electrons. The lowest BCUT2D eigenvalue weighted by Gasteiger charge is -2.38. The Hall–Kier alpha value is -0.120. The summed E-state index contributed by atoms with van der Waals surface area (Å²) in [5.41, 5.74) is 6.12. The van der Waals surface area contributed by atoms with Gasteiger partial charge in [-0.05, 0) is 45.7 Å². The molecule has 1 heterocycles. The molecule has 2 fully saturated rings. The van der Waals surface area contributed by atoms with Crippen LogP contribution in [0.1, 0.15) is 26.2 Å². The molecule has 0 aromatic carbocycles. The minimum Gasteiger partial charge on any atom is -0.327 e. The maximum absolute atomic E-state index is 6.12. The van der Waals surface area contributed by atoms with Gasteiger partial charge in [-0.2, -0.15) is 0 Å². The van der Waals surface area contributed by atoms with E-state index in [1.807, 2.05) is 0 Å². The summed E-state index contributed by atoms with van der Waals surface area (Å²) in [7, 11) is 2.22. The molecule has 3 nitrogen and oxygen atoms in total. The lowest BCUT2D eigenvalue weighted by Crippen LogP contribution is -2.50. The first-order valence-corrected chi connectivity index (χ1v) is 6.35. The van der Waals surface area contributed by atoms with Gasteiger partial charge in [-0.25, -0.2) is 0 Å². The first-order valence-electron chi connectivity index (χ1n) is 6.35. The molecule has 2 atom stereocenters. The van der Waals surface area contributed by atoms with Crippen LogP contribution in [-0.4, -0.2) is 55.1 Å². The standard InChI is InChI=1S/C12H25N3/c1-10-9-15(8-7-14(10)2)6-5-12(13)11-3-4-11/h10-12H,3-9,13H2,1-2H3. The molecule has 2 aliphatic rings. The second-order valence-corrected chi connectivity index (χ2v) is 5.42. The van der Waals surface area contributed by atoms with Crippen molar-refractivity contribution in [2.75, 3.05) is 33.2 Å². The van der Waals surface area contributed by atoms with Crippen molar-refractivity contribution in [2.24, 2.45) is 11.7 Å². The van der Waals surface area contributed by atoms with Crippen molar-refractivity contribution in [3.05, 3.63) is 0 Å². The van der Waals surface area contributed by atoms with Crippen LogP contribution in [0.25, 0.3) is 0 Å². The predicted octanol–water partition coefficient (Wildman–Crippen LogP) is 0.750. The second-order valence-electron chi connectivity index (χ2n) is 5.42. The van der Waals surface area contributed by atoms with Gasteiger partial charge in [0.1, 0.15) is 0 Å². The Morgan fingerprint density at radius 1 is 1.33 bits per heavy atom. The van der Waals surface area contributed by atoms with Crippen LogP contribution in [0.15, 0.2) is 0 Å². The zero-order valence-electron chi connectivity index (χ0n) is 10.2. The second kappa shape index (κ2) is 4.81. The van der Waals surface area contributed by atoms with E-state index in [4.69, 9.17) is 5.73 Å². The van der Waals surface area contributed by atoms with E-state index in [1.165, 1.54) is 45.4 Å². The Labute approximate surface area is 93.6 Å². The monoisotopic (exact) mass is 211 g/mol. The third-order valence-electron chi connectivity index (χ3n) is 4.05. The highest BCUT2D eigenvalue weighted by atomic mass is 15.3. The molecule has 15 heavy (non-hydrogen) atoms. The molecular formula is C12H25N3. The average Bonchev–Trinajstić information content (AvgIpc) is 3.03. The Bertz CT molecular complexity index is 203. The van der Waals surface area contributed by atoms with Crippen molar-refractivity contribution in [1.82, 2.24) is 9.80 Å². The number of nitrogens with zero attached hydrogens (tertiary/aromatic N) is 2. The summed E-state index contributed by atoms with van der Waals surface area (Å²) in [6.45, 7) is 7.16. The molecule has 0 amide bonds. The molecule has 0 spiro atoms. The summed E-state index contributed by atoms with van der Waals surface area (Å²) in [6, 6.07) is 1.18. The van der Waals surface area contributed by atoms with Crippen molar-refractivity contribution in [3.63, 3.8) is 0 Å². The zero-order chi connectivity index (χ0) is 10.8. The highest BCUT2D eigenvalue weighted by Gasteiger charge is 2.29. The fourth-order valence-corrected chi connectivity index (χ4v) is 2.42. The van der Waals surface area contributed by atoms with E-state index in [-0.39, 0.29) is 0 Å². The SMILES string of the molecule is CC1CN(CCC(N)C2CC2)CCN1C. The van der Waals surface area contributed by atoms with E-state index in [0.717, 1.165) is 5.92 Å². The number of hydrogen-bond donors (Lipinski definition) is 1. The number of rotatable bonds is 4. The molecule has 0 aromatic rings. The minimum absolute atomic E-state index is 0.472. The molecule has 2 unspecified atom stereocenters. The number of nitrogens with two attached hydrogens (primary N) is 1. The summed E-state index contributed by atoms with van der Waals surface area (Å²) < 4.78 is 0. The lowest BCUT2D eigenvalue weighted by molar-refractivity contribution is 0.102. The van der Waals surface area contributed by atoms with Gasteiger partial charge in [0.15, 0.2) is 0 Å². The first-order chi connectivity index (χ1) is 7.16. The highest BCUT2D eigenvalue weighted by molar-refractivity contribution is 4.85. The third kappa shape index (κ3) is 3.16. The van der Waals surface area contributed by atoms with Crippen molar-refractivity contribution in [3.8, 4) is 0 Å². The van der Waals surface area contributed by atoms with Gasteiger partial charge in [0.25, 0.3) is 0 Å². The van der Waals surface area contributed by atoms with E-state index in [1.54, 1.807) is 0 Å². The van der Waals surface area contributed by atoms with Gasteiger partial charge >= 0.3 is 0 Å². The fourth-order valence-electron chi connectivity index (χ4n) is 2.42. The zero-order valence-corrected chi connectivity index (χ0v) is 10.2. The quantitative estimate of drug-likeness (QED) is 0.745. The summed E-state index contributed by atoms with van der Waals surface area (Å²) >= 11 is 0. The van der Waals surface area contributed by atoms with Crippen LogP contribution in [0.2, 0.25) is 0 Å². The van der Waals surface area contributed by atoms with Crippen LogP contribution in [0, 0.1) is 5.92 Å². The minimum atomic E-state index is 0.472. The van der Waals surface area contributed by atoms with Crippen LogP contribution in [0.3, 0.4) is 0 Å². The van der Waals surface area contributed by atoms with Crippen molar-refractivity contribution >= 4 is 0 Å². The Morgan fingerprint density at radius 2 is 2.07 bits per heavy atom. The highest BCUT2D eigenvalue weighted by Crippen LogP contribution is 2.32. The van der Waals surface area contributed by atoms with E-state index >= 15 is 0 Å². The number of likely N-dealkylation sites (N-methyl/N-ethyl adjacent to an activating group) is 1. The maximum Gasteiger partial charge on any atom is 0.0192 e. The van der Waals surface area contributed by atoms with Crippen molar-refractivity contribution in [2.45, 2.75) is 38.3 Å². The van der Waals surface area contributed by atoms with E-state index < -0.39 is 0 Å². The third-order valence-corrected chi connectivity index (χ3v) is 4.05. The molecule has 1 aliphatic heterocycles. The van der Waals surface area contributed by atoms with Crippen LogP contribution in [0.4, 0.5) is 0 Å². The number of hydrogen-bond acceptors (Lipinski definition) is 3. The molecule has 3 heteroatoms. The van der Waals surface area contributed by atoms with Crippen LogP contribution >= 0.6 is 0 Å². The van der Waals surface area contributed by atoms with Crippen molar-refractivity contribution < 1.29 is 0 Å². The predicted molar refractivity (Wildman–Crippen MR) is 63.8 cm³/mol. The molecule has 0 bridgehead atoms. The molecule has 1 saturated carbocycles. The molecule has 88 valence electrons. The van der Waals surface area contributed by atoms with Crippen LogP contribution < -0.4 is 5.73 Å². The molecule has 2 rings (SSSR count). The summed E-state index contributed by atoms with van der Waals surface area (Å²) in [4.78, 5) is 5.02. The molecule has 2 N–H and O–H groups in total. The molecule has 0 aromatic heterocycles. The van der Waals surface area contributed by atoms with Crippen molar-refractivity contribution in [1.29, 1.82) is 0 Å². The van der Waals surface area contributed by atoms with E-state index in [0.29, 0.717) is 12.1 Å². The van der Waals surface area contributed by atoms with Crippen LogP contribution in [-0.2, 0) is 0 Å². The topological polar surface area (TPSA) is 32.5 Å². The smallest absolute Gasteiger partial charge is 0.0192 e. The number of piperazine rings is 1. The first kappa shape index (κ1) is 11.4. The van der Waals surface area contributed by atoms with Gasteiger partial charge in [-0.15, -0.1) is 0 Å². The lowest BCUT2D eigenvalue weighted by atomic mass is 10.1. The van der Waals surface area contributed by atoms with E-state index in [2.05, 4.69) is 23.8 Å². The maximum atomic E-state index is 6.12. The normalized spacial score (nSPS) is 31.8. The summed E-state index contributed by atoms with van der Waals surface area (Å²) in [5, 5.41) is 0. The van der Waals surface area contributed by atoms with Gasteiger partial charge < -0.3 is 15.5 Å². The largest absolute Gasteiger partial charge is 0.327 e.